The van der Waals surface area contributed by atoms with E-state index in [0.29, 0.717) is 61.9 Å². The first-order valence-electron chi connectivity index (χ1n) is 11.6. The number of ether oxygens (including phenoxy) is 4. The molecular weight excluding hydrogens is 364 g/mol. The topological polar surface area (TPSA) is 36.9 Å². The summed E-state index contributed by atoms with van der Waals surface area (Å²) in [5.41, 5.74) is 2.82. The highest BCUT2D eigenvalue weighted by Crippen LogP contribution is 2.43. The summed E-state index contributed by atoms with van der Waals surface area (Å²) in [5, 5.41) is 0. The molecule has 2 fully saturated rings. The van der Waals surface area contributed by atoms with Crippen LogP contribution in [0.3, 0.4) is 0 Å². The van der Waals surface area contributed by atoms with Crippen LogP contribution >= 0.6 is 0 Å². The van der Waals surface area contributed by atoms with Gasteiger partial charge in [-0.05, 0) is 50.4 Å². The molecule has 1 spiro atoms. The van der Waals surface area contributed by atoms with Gasteiger partial charge in [-0.1, -0.05) is 51.0 Å². The lowest BCUT2D eigenvalue weighted by Gasteiger charge is -2.49. The van der Waals surface area contributed by atoms with Crippen molar-refractivity contribution < 1.29 is 18.9 Å². The maximum atomic E-state index is 6.30. The Bertz CT molecular complexity index is 578. The molecule has 0 amide bonds. The largest absolute Gasteiger partial charge is 0.351 e. The van der Waals surface area contributed by atoms with Gasteiger partial charge < -0.3 is 18.9 Å². The van der Waals surface area contributed by atoms with Crippen LogP contribution in [0.1, 0.15) is 54.4 Å². The van der Waals surface area contributed by atoms with E-state index < -0.39 is 0 Å². The molecule has 6 atom stereocenters. The van der Waals surface area contributed by atoms with Crippen molar-refractivity contribution in [3.05, 3.63) is 23.3 Å². The third kappa shape index (κ3) is 4.37. The van der Waals surface area contributed by atoms with E-state index >= 15 is 0 Å². The standard InChI is InChI=1S/C25H40O4/c1-15-7-17(3)21(18(4)8-15)23-26-11-25(12-27-23)13-28-24(29-14-25)22-19(5)9-16(2)10-20(22)6/h7,9,17-24H,8,10-14H2,1-6H3/t17-,18-,19+,20-,21+,22+,23?,24?,25?/m1/s1. The zero-order valence-electron chi connectivity index (χ0n) is 19.1. The Balaban J connectivity index is 1.33. The first-order valence-corrected chi connectivity index (χ1v) is 11.6. The second kappa shape index (κ2) is 8.45. The Morgan fingerprint density at radius 3 is 1.31 bits per heavy atom. The van der Waals surface area contributed by atoms with Gasteiger partial charge in [0, 0.05) is 11.8 Å². The van der Waals surface area contributed by atoms with Crippen LogP contribution in [0.4, 0.5) is 0 Å². The molecule has 0 radical (unpaired) electrons. The molecule has 2 aliphatic carbocycles. The maximum absolute atomic E-state index is 6.30. The molecule has 4 rings (SSSR count). The zero-order chi connectivity index (χ0) is 20.8. The summed E-state index contributed by atoms with van der Waals surface area (Å²) < 4.78 is 25.2. The van der Waals surface area contributed by atoms with Crippen molar-refractivity contribution in [1.29, 1.82) is 0 Å². The van der Waals surface area contributed by atoms with Gasteiger partial charge in [0.25, 0.3) is 0 Å². The van der Waals surface area contributed by atoms with Crippen molar-refractivity contribution in [3.63, 3.8) is 0 Å². The van der Waals surface area contributed by atoms with Crippen LogP contribution in [0.2, 0.25) is 0 Å². The molecule has 0 saturated carbocycles. The third-order valence-corrected chi connectivity index (χ3v) is 7.75. The first kappa shape index (κ1) is 21.5. The van der Waals surface area contributed by atoms with Gasteiger partial charge in [-0.15, -0.1) is 0 Å². The van der Waals surface area contributed by atoms with E-state index in [2.05, 4.69) is 53.7 Å². The first-order chi connectivity index (χ1) is 13.8. The van der Waals surface area contributed by atoms with Crippen LogP contribution in [-0.2, 0) is 18.9 Å². The lowest BCUT2D eigenvalue weighted by molar-refractivity contribution is -0.327. The lowest BCUT2D eigenvalue weighted by Crippen LogP contribution is -2.56. The van der Waals surface area contributed by atoms with Crippen LogP contribution in [0.5, 0.6) is 0 Å². The smallest absolute Gasteiger partial charge is 0.161 e. The van der Waals surface area contributed by atoms with Crippen LogP contribution in [0.25, 0.3) is 0 Å². The zero-order valence-corrected chi connectivity index (χ0v) is 19.1. The molecule has 2 saturated heterocycles. The molecule has 0 bridgehead atoms. The summed E-state index contributed by atoms with van der Waals surface area (Å²) in [4.78, 5) is 0. The quantitative estimate of drug-likeness (QED) is 0.593. The molecule has 4 nitrogen and oxygen atoms in total. The fourth-order valence-electron chi connectivity index (χ4n) is 6.44. The summed E-state index contributed by atoms with van der Waals surface area (Å²) in [6.07, 6.45) is 6.84. The number of rotatable bonds is 2. The molecule has 0 aromatic heterocycles. The lowest BCUT2D eigenvalue weighted by atomic mass is 9.74. The van der Waals surface area contributed by atoms with Gasteiger partial charge >= 0.3 is 0 Å². The van der Waals surface area contributed by atoms with Gasteiger partial charge in [-0.3, -0.25) is 0 Å². The average molecular weight is 405 g/mol. The minimum atomic E-state index is -0.160. The normalized spacial score (nSPS) is 48.9. The number of allylic oxidation sites excluding steroid dienone is 4. The Morgan fingerprint density at radius 2 is 1.00 bits per heavy atom. The molecule has 0 aromatic carbocycles. The highest BCUT2D eigenvalue weighted by atomic mass is 16.7. The van der Waals surface area contributed by atoms with Gasteiger partial charge in [-0.2, -0.15) is 0 Å². The third-order valence-electron chi connectivity index (χ3n) is 7.75. The predicted octanol–water partition coefficient (Wildman–Crippen LogP) is 5.20. The fourth-order valence-corrected chi connectivity index (χ4v) is 6.44. The molecule has 2 heterocycles. The van der Waals surface area contributed by atoms with E-state index in [4.69, 9.17) is 18.9 Å². The van der Waals surface area contributed by atoms with Crippen molar-refractivity contribution in [1.82, 2.24) is 0 Å². The van der Waals surface area contributed by atoms with Gasteiger partial charge in [0.2, 0.25) is 0 Å². The molecule has 4 heteroatoms. The second-order valence-corrected chi connectivity index (χ2v) is 10.7. The molecule has 4 aliphatic rings. The summed E-state index contributed by atoms with van der Waals surface area (Å²) in [6, 6.07) is 0. The molecule has 0 aromatic rings. The van der Waals surface area contributed by atoms with E-state index in [1.807, 2.05) is 0 Å². The van der Waals surface area contributed by atoms with E-state index in [1.54, 1.807) is 0 Å². The Kier molecular flexibility index (Phi) is 6.28. The van der Waals surface area contributed by atoms with Crippen molar-refractivity contribution >= 4 is 0 Å². The minimum absolute atomic E-state index is 0.112. The van der Waals surface area contributed by atoms with Crippen molar-refractivity contribution in [2.45, 2.75) is 67.0 Å². The van der Waals surface area contributed by atoms with E-state index in [9.17, 15) is 0 Å². The highest BCUT2D eigenvalue weighted by Gasteiger charge is 2.47. The average Bonchev–Trinajstić information content (AvgIpc) is 2.63. The molecule has 164 valence electrons. The Morgan fingerprint density at radius 1 is 0.655 bits per heavy atom. The summed E-state index contributed by atoms with van der Waals surface area (Å²) in [7, 11) is 0. The van der Waals surface area contributed by atoms with Gasteiger partial charge in [-0.25, -0.2) is 0 Å². The van der Waals surface area contributed by atoms with Crippen LogP contribution in [0.15, 0.2) is 23.3 Å². The van der Waals surface area contributed by atoms with E-state index in [-0.39, 0.29) is 18.0 Å². The molecule has 2 aliphatic heterocycles. The van der Waals surface area contributed by atoms with Gasteiger partial charge in [0.1, 0.15) is 0 Å². The van der Waals surface area contributed by atoms with Crippen LogP contribution in [0, 0.1) is 40.9 Å². The van der Waals surface area contributed by atoms with E-state index in [1.165, 1.54) is 11.1 Å². The van der Waals surface area contributed by atoms with Crippen LogP contribution in [-0.4, -0.2) is 39.0 Å². The summed E-state index contributed by atoms with van der Waals surface area (Å²) >= 11 is 0. The summed E-state index contributed by atoms with van der Waals surface area (Å²) in [5.74, 6) is 3.01. The SMILES string of the molecule is CC1=C[C@H](C)[C@H](C2OCC3(CO2)COC([C@H]2[C@H](C)C=C(C)C[C@H]2C)OC3)[C@H](C)C1. The number of hydrogen-bond acceptors (Lipinski definition) is 4. The minimum Gasteiger partial charge on any atom is -0.351 e. The molecular formula is C25H40O4. The second-order valence-electron chi connectivity index (χ2n) is 10.7. The van der Waals surface area contributed by atoms with Crippen molar-refractivity contribution in [2.75, 3.05) is 26.4 Å². The number of hydrogen-bond donors (Lipinski definition) is 0. The molecule has 0 unspecified atom stereocenters. The molecule has 0 N–H and O–H groups in total. The predicted molar refractivity (Wildman–Crippen MR) is 114 cm³/mol. The Hall–Kier alpha value is -0.680. The fraction of sp³-hybridized carbons (Fsp3) is 0.840. The van der Waals surface area contributed by atoms with Crippen LogP contribution < -0.4 is 0 Å². The highest BCUT2D eigenvalue weighted by molar-refractivity contribution is 5.10. The van der Waals surface area contributed by atoms with Gasteiger partial charge in [0.15, 0.2) is 12.6 Å². The van der Waals surface area contributed by atoms with Crippen molar-refractivity contribution in [3.8, 4) is 0 Å². The Labute approximate surface area is 177 Å². The van der Waals surface area contributed by atoms with Gasteiger partial charge in [0.05, 0.1) is 31.8 Å². The molecule has 29 heavy (non-hydrogen) atoms. The maximum Gasteiger partial charge on any atom is 0.161 e. The summed E-state index contributed by atoms with van der Waals surface area (Å²) in [6.45, 7) is 16.4. The van der Waals surface area contributed by atoms with Crippen molar-refractivity contribution in [2.24, 2.45) is 40.9 Å². The van der Waals surface area contributed by atoms with E-state index in [0.717, 1.165) is 12.8 Å². The monoisotopic (exact) mass is 404 g/mol.